The van der Waals surface area contributed by atoms with Crippen LogP contribution in [0.5, 0.6) is 0 Å². The summed E-state index contributed by atoms with van der Waals surface area (Å²) < 4.78 is 43.2. The lowest BCUT2D eigenvalue weighted by atomic mass is 10.1. The van der Waals surface area contributed by atoms with Crippen LogP contribution in [0.15, 0.2) is 24.3 Å². The number of amides is 1. The number of hydrogen-bond acceptors (Lipinski definition) is 3. The molecule has 0 N–H and O–H groups in total. The maximum atomic E-state index is 12.6. The van der Waals surface area contributed by atoms with Gasteiger partial charge in [0.15, 0.2) is 0 Å². The highest BCUT2D eigenvalue weighted by molar-refractivity contribution is 5.68. The van der Waals surface area contributed by atoms with E-state index < -0.39 is 17.3 Å². The van der Waals surface area contributed by atoms with Crippen molar-refractivity contribution in [2.45, 2.75) is 52.1 Å². The molecule has 0 saturated carbocycles. The molecular formula is C18H25F3N2O2. The first kappa shape index (κ1) is 19.6. The fraction of sp³-hybridized carbons (Fsp3) is 0.611. The van der Waals surface area contributed by atoms with Crippen LogP contribution in [0.25, 0.3) is 0 Å². The van der Waals surface area contributed by atoms with Gasteiger partial charge >= 0.3 is 12.3 Å². The van der Waals surface area contributed by atoms with Gasteiger partial charge in [0.25, 0.3) is 0 Å². The third-order valence-corrected chi connectivity index (χ3v) is 4.08. The molecule has 140 valence electrons. The minimum Gasteiger partial charge on any atom is -0.444 e. The number of carbonyl (C=O) groups excluding carboxylic acids is 1. The summed E-state index contributed by atoms with van der Waals surface area (Å²) in [5.74, 6) is 0. The number of hydrogen-bond donors (Lipinski definition) is 0. The molecule has 0 spiro atoms. The molecule has 1 atom stereocenters. The number of alkyl halides is 3. The van der Waals surface area contributed by atoms with E-state index >= 15 is 0 Å². The minimum absolute atomic E-state index is 0.101. The van der Waals surface area contributed by atoms with E-state index in [0.29, 0.717) is 26.2 Å². The Morgan fingerprint density at radius 2 is 1.76 bits per heavy atom. The summed E-state index contributed by atoms with van der Waals surface area (Å²) in [6.07, 6.45) is -4.64. The SMILES string of the molecule is CC1CN(C(=O)OC(C)(C)C)CCN1Cc1ccc(C(F)(F)F)cc1. The first-order valence-electron chi connectivity index (χ1n) is 8.34. The molecule has 0 radical (unpaired) electrons. The zero-order valence-electron chi connectivity index (χ0n) is 15.1. The van der Waals surface area contributed by atoms with E-state index in [9.17, 15) is 18.0 Å². The largest absolute Gasteiger partial charge is 0.444 e. The van der Waals surface area contributed by atoms with Crippen LogP contribution in [-0.2, 0) is 17.5 Å². The molecule has 1 saturated heterocycles. The third-order valence-electron chi connectivity index (χ3n) is 4.08. The molecule has 0 aliphatic carbocycles. The smallest absolute Gasteiger partial charge is 0.416 e. The van der Waals surface area contributed by atoms with Crippen LogP contribution in [0.2, 0.25) is 0 Å². The van der Waals surface area contributed by atoms with Gasteiger partial charge < -0.3 is 9.64 Å². The number of piperazine rings is 1. The van der Waals surface area contributed by atoms with E-state index in [-0.39, 0.29) is 12.1 Å². The van der Waals surface area contributed by atoms with Gasteiger partial charge in [-0.1, -0.05) is 12.1 Å². The Balaban J connectivity index is 1.92. The molecule has 1 amide bonds. The highest BCUT2D eigenvalue weighted by Gasteiger charge is 2.31. The van der Waals surface area contributed by atoms with Crippen molar-refractivity contribution in [1.82, 2.24) is 9.80 Å². The zero-order valence-corrected chi connectivity index (χ0v) is 15.1. The predicted molar refractivity (Wildman–Crippen MR) is 89.1 cm³/mol. The number of nitrogens with zero attached hydrogens (tertiary/aromatic N) is 2. The molecule has 0 aromatic heterocycles. The second-order valence-electron chi connectivity index (χ2n) is 7.44. The normalized spacial score (nSPS) is 19.8. The molecule has 0 bridgehead atoms. The van der Waals surface area contributed by atoms with E-state index in [4.69, 9.17) is 4.74 Å². The Hall–Kier alpha value is -1.76. The molecule has 1 aliphatic rings. The minimum atomic E-state index is -4.31. The molecule has 1 aromatic rings. The Kier molecular flexibility index (Phi) is 5.66. The van der Waals surface area contributed by atoms with Crippen molar-refractivity contribution in [2.24, 2.45) is 0 Å². The zero-order chi connectivity index (χ0) is 18.8. The summed E-state index contributed by atoms with van der Waals surface area (Å²) in [5.41, 5.74) is -0.345. The molecule has 1 fully saturated rings. The Bertz CT molecular complexity index is 594. The van der Waals surface area contributed by atoms with Gasteiger partial charge in [0.2, 0.25) is 0 Å². The molecule has 7 heteroatoms. The molecule has 2 rings (SSSR count). The van der Waals surface area contributed by atoms with Gasteiger partial charge in [-0.05, 0) is 45.4 Å². The van der Waals surface area contributed by atoms with Crippen molar-refractivity contribution < 1.29 is 22.7 Å². The molecule has 1 heterocycles. The van der Waals surface area contributed by atoms with E-state index in [1.54, 1.807) is 4.90 Å². The molecule has 1 aromatic carbocycles. The van der Waals surface area contributed by atoms with Gasteiger partial charge in [-0.15, -0.1) is 0 Å². The van der Waals surface area contributed by atoms with Gasteiger partial charge in [-0.2, -0.15) is 13.2 Å². The average Bonchev–Trinajstić information content (AvgIpc) is 2.47. The second kappa shape index (κ2) is 7.23. The molecular weight excluding hydrogens is 333 g/mol. The van der Waals surface area contributed by atoms with E-state index in [1.165, 1.54) is 12.1 Å². The van der Waals surface area contributed by atoms with Crippen molar-refractivity contribution in [3.8, 4) is 0 Å². The van der Waals surface area contributed by atoms with Crippen molar-refractivity contribution in [3.05, 3.63) is 35.4 Å². The quantitative estimate of drug-likeness (QED) is 0.796. The first-order chi connectivity index (χ1) is 11.5. The maximum absolute atomic E-state index is 12.6. The van der Waals surface area contributed by atoms with Crippen LogP contribution in [0.4, 0.5) is 18.0 Å². The van der Waals surface area contributed by atoms with Gasteiger partial charge in [0, 0.05) is 32.2 Å². The Morgan fingerprint density at radius 1 is 1.16 bits per heavy atom. The van der Waals surface area contributed by atoms with Crippen molar-refractivity contribution in [3.63, 3.8) is 0 Å². The fourth-order valence-corrected chi connectivity index (χ4v) is 2.76. The molecule has 1 unspecified atom stereocenters. The number of carbonyl (C=O) groups is 1. The lowest BCUT2D eigenvalue weighted by Crippen LogP contribution is -2.54. The Morgan fingerprint density at radius 3 is 2.24 bits per heavy atom. The summed E-state index contributed by atoms with van der Waals surface area (Å²) in [6.45, 7) is 9.78. The van der Waals surface area contributed by atoms with Gasteiger partial charge in [-0.3, -0.25) is 4.90 Å². The van der Waals surface area contributed by atoms with Gasteiger partial charge in [0.1, 0.15) is 5.60 Å². The van der Waals surface area contributed by atoms with Crippen LogP contribution in [-0.4, -0.2) is 47.2 Å². The third kappa shape index (κ3) is 5.63. The number of ether oxygens (including phenoxy) is 1. The number of halogens is 3. The molecule has 25 heavy (non-hydrogen) atoms. The van der Waals surface area contributed by atoms with Crippen LogP contribution in [0.3, 0.4) is 0 Å². The second-order valence-corrected chi connectivity index (χ2v) is 7.44. The van der Waals surface area contributed by atoms with Crippen LogP contribution < -0.4 is 0 Å². The van der Waals surface area contributed by atoms with Crippen LogP contribution in [0.1, 0.15) is 38.8 Å². The lowest BCUT2D eigenvalue weighted by Gasteiger charge is -2.40. The number of rotatable bonds is 2. The van der Waals surface area contributed by atoms with E-state index in [2.05, 4.69) is 4.90 Å². The van der Waals surface area contributed by atoms with Crippen LogP contribution in [0, 0.1) is 0 Å². The monoisotopic (exact) mass is 358 g/mol. The Labute approximate surface area is 146 Å². The molecule has 4 nitrogen and oxygen atoms in total. The topological polar surface area (TPSA) is 32.8 Å². The summed E-state index contributed by atoms with van der Waals surface area (Å²) in [7, 11) is 0. The first-order valence-corrected chi connectivity index (χ1v) is 8.34. The summed E-state index contributed by atoms with van der Waals surface area (Å²) in [6, 6.07) is 5.34. The van der Waals surface area contributed by atoms with Crippen LogP contribution >= 0.6 is 0 Å². The fourth-order valence-electron chi connectivity index (χ4n) is 2.76. The van der Waals surface area contributed by atoms with Crippen molar-refractivity contribution in [2.75, 3.05) is 19.6 Å². The highest BCUT2D eigenvalue weighted by atomic mass is 19.4. The van der Waals surface area contributed by atoms with Gasteiger partial charge in [0.05, 0.1) is 5.56 Å². The van der Waals surface area contributed by atoms with E-state index in [1.807, 2.05) is 27.7 Å². The number of benzene rings is 1. The highest BCUT2D eigenvalue weighted by Crippen LogP contribution is 2.29. The maximum Gasteiger partial charge on any atom is 0.416 e. The average molecular weight is 358 g/mol. The standard InChI is InChI=1S/C18H25F3N2O2/c1-13-11-23(16(24)25-17(2,3)4)10-9-22(13)12-14-5-7-15(8-6-14)18(19,20)21/h5-8,13H,9-12H2,1-4H3. The van der Waals surface area contributed by atoms with Crippen molar-refractivity contribution in [1.29, 1.82) is 0 Å². The summed E-state index contributed by atoms with van der Waals surface area (Å²) >= 11 is 0. The molecule has 1 aliphatic heterocycles. The summed E-state index contributed by atoms with van der Waals surface area (Å²) in [5, 5.41) is 0. The lowest BCUT2D eigenvalue weighted by molar-refractivity contribution is -0.137. The van der Waals surface area contributed by atoms with Crippen molar-refractivity contribution >= 4 is 6.09 Å². The van der Waals surface area contributed by atoms with Gasteiger partial charge in [-0.25, -0.2) is 4.79 Å². The van der Waals surface area contributed by atoms with E-state index in [0.717, 1.165) is 17.7 Å². The summed E-state index contributed by atoms with van der Waals surface area (Å²) in [4.78, 5) is 16.0. The predicted octanol–water partition coefficient (Wildman–Crippen LogP) is 4.15.